The number of thioether (sulfide) groups is 1. The minimum Gasteiger partial charge on any atom is -0.394 e. The number of rotatable bonds is 7. The zero-order chi connectivity index (χ0) is 11.7. The number of hydrogen-bond donors (Lipinski definition) is 2. The van der Waals surface area contributed by atoms with Crippen LogP contribution in [0.25, 0.3) is 0 Å². The Hall–Kier alpha value is -0.730. The molecule has 0 aliphatic carbocycles. The van der Waals surface area contributed by atoms with Crippen molar-refractivity contribution in [2.45, 2.75) is 32.2 Å². The first-order chi connectivity index (χ1) is 7.14. The summed E-state index contributed by atoms with van der Waals surface area (Å²) >= 11 is 1.28. The standard InChI is InChI=1S/C10H18N2O2S/c1-3-10(4-2,8-13)12-9(14)7-15-6-5-11/h13H,3-4,6-8H2,1-2H3,(H,12,14). The van der Waals surface area contributed by atoms with Crippen molar-refractivity contribution in [1.82, 2.24) is 5.32 Å². The van der Waals surface area contributed by atoms with E-state index < -0.39 is 5.54 Å². The molecule has 0 aromatic rings. The van der Waals surface area contributed by atoms with Crippen molar-refractivity contribution in [2.75, 3.05) is 18.1 Å². The molecule has 0 rings (SSSR count). The van der Waals surface area contributed by atoms with Crippen LogP contribution < -0.4 is 5.32 Å². The van der Waals surface area contributed by atoms with E-state index in [1.54, 1.807) is 0 Å². The van der Waals surface area contributed by atoms with Gasteiger partial charge in [-0.15, -0.1) is 11.8 Å². The maximum atomic E-state index is 11.5. The molecule has 0 spiro atoms. The molecule has 0 saturated heterocycles. The maximum absolute atomic E-state index is 11.5. The first-order valence-corrected chi connectivity index (χ1v) is 6.16. The van der Waals surface area contributed by atoms with Gasteiger partial charge in [0.2, 0.25) is 5.91 Å². The number of nitrogens with zero attached hydrogens (tertiary/aromatic N) is 1. The third kappa shape index (κ3) is 5.05. The molecule has 1 amide bonds. The molecule has 2 N–H and O–H groups in total. The average Bonchev–Trinajstić information content (AvgIpc) is 2.26. The Morgan fingerprint density at radius 2 is 2.13 bits per heavy atom. The van der Waals surface area contributed by atoms with Crippen molar-refractivity contribution < 1.29 is 9.90 Å². The van der Waals surface area contributed by atoms with Gasteiger partial charge < -0.3 is 10.4 Å². The second-order valence-corrected chi connectivity index (χ2v) is 4.33. The Balaban J connectivity index is 4.07. The summed E-state index contributed by atoms with van der Waals surface area (Å²) in [6.07, 6.45) is 1.41. The molecule has 0 atom stereocenters. The molecule has 0 saturated carbocycles. The summed E-state index contributed by atoms with van der Waals surface area (Å²) in [6, 6.07) is 1.96. The zero-order valence-corrected chi connectivity index (χ0v) is 10.1. The molecule has 0 aliphatic rings. The predicted octanol–water partition coefficient (Wildman–Crippen LogP) is 0.910. The smallest absolute Gasteiger partial charge is 0.230 e. The molecule has 4 nitrogen and oxygen atoms in total. The molecule has 0 heterocycles. The van der Waals surface area contributed by atoms with Gasteiger partial charge in [-0.3, -0.25) is 4.79 Å². The molecule has 0 unspecified atom stereocenters. The van der Waals surface area contributed by atoms with E-state index in [1.165, 1.54) is 11.8 Å². The fourth-order valence-electron chi connectivity index (χ4n) is 1.21. The molecule has 0 radical (unpaired) electrons. The fourth-order valence-corrected chi connectivity index (χ4v) is 1.66. The van der Waals surface area contributed by atoms with Crippen LogP contribution in [-0.2, 0) is 4.79 Å². The van der Waals surface area contributed by atoms with E-state index in [0.29, 0.717) is 18.6 Å². The van der Waals surface area contributed by atoms with E-state index in [9.17, 15) is 9.90 Å². The molecule has 0 fully saturated rings. The van der Waals surface area contributed by atoms with Crippen LogP contribution in [0, 0.1) is 11.3 Å². The normalized spacial score (nSPS) is 10.8. The van der Waals surface area contributed by atoms with Crippen LogP contribution >= 0.6 is 11.8 Å². The van der Waals surface area contributed by atoms with Gasteiger partial charge in [-0.25, -0.2) is 0 Å². The third-order valence-electron chi connectivity index (χ3n) is 2.46. The lowest BCUT2D eigenvalue weighted by molar-refractivity contribution is -0.121. The Bertz CT molecular complexity index is 226. The van der Waals surface area contributed by atoms with Crippen molar-refractivity contribution in [3.05, 3.63) is 0 Å². The molecule has 86 valence electrons. The minimum absolute atomic E-state index is 0.0470. The topological polar surface area (TPSA) is 73.1 Å². The number of nitrogens with one attached hydrogen (secondary N) is 1. The van der Waals surface area contributed by atoms with E-state index >= 15 is 0 Å². The van der Waals surface area contributed by atoms with Crippen molar-refractivity contribution >= 4 is 17.7 Å². The zero-order valence-electron chi connectivity index (χ0n) is 9.25. The van der Waals surface area contributed by atoms with Crippen LogP contribution in [0.4, 0.5) is 0 Å². The molecule has 0 aliphatic heterocycles. The summed E-state index contributed by atoms with van der Waals surface area (Å²) < 4.78 is 0. The average molecular weight is 230 g/mol. The van der Waals surface area contributed by atoms with Crippen LogP contribution in [0.3, 0.4) is 0 Å². The first kappa shape index (κ1) is 14.3. The molecule has 15 heavy (non-hydrogen) atoms. The second kappa shape index (κ2) is 7.55. The highest BCUT2D eigenvalue weighted by Gasteiger charge is 2.26. The SMILES string of the molecule is CCC(CC)(CO)NC(=O)CSCC#N. The molecule has 0 bridgehead atoms. The lowest BCUT2D eigenvalue weighted by Gasteiger charge is -2.30. The molecule has 0 aromatic heterocycles. The highest BCUT2D eigenvalue weighted by Crippen LogP contribution is 2.14. The summed E-state index contributed by atoms with van der Waals surface area (Å²) in [5, 5.41) is 20.4. The van der Waals surface area contributed by atoms with Gasteiger partial charge in [0.15, 0.2) is 0 Å². The fraction of sp³-hybridized carbons (Fsp3) is 0.800. The van der Waals surface area contributed by atoms with Gasteiger partial charge >= 0.3 is 0 Å². The first-order valence-electron chi connectivity index (χ1n) is 5.00. The number of nitriles is 1. The van der Waals surface area contributed by atoms with Crippen LogP contribution in [0.15, 0.2) is 0 Å². The lowest BCUT2D eigenvalue weighted by Crippen LogP contribution is -2.51. The minimum atomic E-state index is -0.496. The van der Waals surface area contributed by atoms with Crippen molar-refractivity contribution in [3.8, 4) is 6.07 Å². The Morgan fingerprint density at radius 1 is 1.53 bits per heavy atom. The van der Waals surface area contributed by atoms with Crippen molar-refractivity contribution in [1.29, 1.82) is 5.26 Å². The number of aliphatic hydroxyl groups excluding tert-OH is 1. The van der Waals surface area contributed by atoms with Crippen LogP contribution in [0.5, 0.6) is 0 Å². The highest BCUT2D eigenvalue weighted by molar-refractivity contribution is 8.00. The number of aliphatic hydroxyl groups is 1. The lowest BCUT2D eigenvalue weighted by atomic mass is 9.94. The summed E-state index contributed by atoms with van der Waals surface area (Å²) in [7, 11) is 0. The Kier molecular flexibility index (Phi) is 7.18. The van der Waals surface area contributed by atoms with Gasteiger partial charge in [0.1, 0.15) is 0 Å². The van der Waals surface area contributed by atoms with E-state index in [0.717, 1.165) is 0 Å². The summed E-state index contributed by atoms with van der Waals surface area (Å²) in [5.74, 6) is 0.473. The number of carbonyl (C=O) groups excluding carboxylic acids is 1. The van der Waals surface area contributed by atoms with Gasteiger partial charge in [0.25, 0.3) is 0 Å². The largest absolute Gasteiger partial charge is 0.394 e. The number of carbonyl (C=O) groups is 1. The van der Waals surface area contributed by atoms with Gasteiger partial charge in [-0.2, -0.15) is 5.26 Å². The monoisotopic (exact) mass is 230 g/mol. The van der Waals surface area contributed by atoms with Crippen LogP contribution in [0.2, 0.25) is 0 Å². The maximum Gasteiger partial charge on any atom is 0.230 e. The summed E-state index contributed by atoms with van der Waals surface area (Å²) in [5.41, 5.74) is -0.496. The summed E-state index contributed by atoms with van der Waals surface area (Å²) in [6.45, 7) is 3.82. The summed E-state index contributed by atoms with van der Waals surface area (Å²) in [4.78, 5) is 11.5. The van der Waals surface area contributed by atoms with E-state index in [-0.39, 0.29) is 18.3 Å². The van der Waals surface area contributed by atoms with Crippen molar-refractivity contribution in [2.24, 2.45) is 0 Å². The Labute approximate surface area is 95.0 Å². The number of hydrogen-bond acceptors (Lipinski definition) is 4. The third-order valence-corrected chi connectivity index (χ3v) is 3.26. The van der Waals surface area contributed by atoms with Crippen LogP contribution in [0.1, 0.15) is 26.7 Å². The molecular formula is C10H18N2O2S. The van der Waals surface area contributed by atoms with E-state index in [1.807, 2.05) is 19.9 Å². The van der Waals surface area contributed by atoms with Gasteiger partial charge in [0, 0.05) is 0 Å². The van der Waals surface area contributed by atoms with Gasteiger partial charge in [-0.05, 0) is 12.8 Å². The van der Waals surface area contributed by atoms with Crippen LogP contribution in [-0.4, -0.2) is 34.7 Å². The van der Waals surface area contributed by atoms with E-state index in [2.05, 4.69) is 5.32 Å². The highest BCUT2D eigenvalue weighted by atomic mass is 32.2. The Morgan fingerprint density at radius 3 is 2.53 bits per heavy atom. The number of amides is 1. The molecular weight excluding hydrogens is 212 g/mol. The van der Waals surface area contributed by atoms with E-state index in [4.69, 9.17) is 5.26 Å². The van der Waals surface area contributed by atoms with Gasteiger partial charge in [-0.1, -0.05) is 13.8 Å². The predicted molar refractivity (Wildman–Crippen MR) is 61.5 cm³/mol. The van der Waals surface area contributed by atoms with Crippen molar-refractivity contribution in [3.63, 3.8) is 0 Å². The quantitative estimate of drug-likeness (QED) is 0.638. The molecule has 0 aromatic carbocycles. The van der Waals surface area contributed by atoms with Gasteiger partial charge in [0.05, 0.1) is 29.7 Å². The molecule has 5 heteroatoms. The second-order valence-electron chi connectivity index (χ2n) is 3.34.